The summed E-state index contributed by atoms with van der Waals surface area (Å²) in [6.07, 6.45) is 6.57. The van der Waals surface area contributed by atoms with Crippen LogP contribution in [0.1, 0.15) is 66.8 Å². The van der Waals surface area contributed by atoms with Crippen LogP contribution >= 0.6 is 11.3 Å². The molecule has 0 spiro atoms. The fourth-order valence-corrected chi connectivity index (χ4v) is 4.46. The Morgan fingerprint density at radius 1 is 1.33 bits per heavy atom. The van der Waals surface area contributed by atoms with Crippen molar-refractivity contribution in [2.24, 2.45) is 11.1 Å². The highest BCUT2D eigenvalue weighted by molar-refractivity contribution is 7.12. The van der Waals surface area contributed by atoms with Crippen LogP contribution in [0.3, 0.4) is 0 Å². The number of nitrogens with two attached hydrogens (primary N) is 1. The van der Waals surface area contributed by atoms with Gasteiger partial charge in [0.05, 0.1) is 11.5 Å². The molecule has 1 aliphatic rings. The molecular formula is C17H28N2OS. The van der Waals surface area contributed by atoms with Gasteiger partial charge in [0.2, 0.25) is 5.91 Å². The Hall–Kier alpha value is -0.870. The van der Waals surface area contributed by atoms with E-state index in [0.717, 1.165) is 25.7 Å². The molecule has 4 heteroatoms. The third-order valence-electron chi connectivity index (χ3n) is 4.83. The van der Waals surface area contributed by atoms with Crippen molar-refractivity contribution in [1.82, 2.24) is 5.32 Å². The lowest BCUT2D eigenvalue weighted by atomic mass is 9.79. The van der Waals surface area contributed by atoms with Crippen molar-refractivity contribution in [2.45, 2.75) is 65.3 Å². The lowest BCUT2D eigenvalue weighted by Crippen LogP contribution is -2.46. The summed E-state index contributed by atoms with van der Waals surface area (Å²) in [4.78, 5) is 15.4. The van der Waals surface area contributed by atoms with Gasteiger partial charge < -0.3 is 11.1 Å². The Morgan fingerprint density at radius 3 is 2.43 bits per heavy atom. The predicted octanol–water partition coefficient (Wildman–Crippen LogP) is 3.84. The first-order chi connectivity index (χ1) is 9.98. The molecule has 1 fully saturated rings. The van der Waals surface area contributed by atoms with Crippen LogP contribution in [0.15, 0.2) is 6.07 Å². The highest BCUT2D eigenvalue weighted by atomic mass is 32.1. The molecule has 1 unspecified atom stereocenters. The molecule has 0 bridgehead atoms. The molecule has 1 saturated carbocycles. The number of amides is 1. The first-order valence-electron chi connectivity index (χ1n) is 8.06. The minimum Gasteiger partial charge on any atom is -0.349 e. The van der Waals surface area contributed by atoms with Crippen LogP contribution in [-0.2, 0) is 4.79 Å². The maximum Gasteiger partial charge on any atom is 0.227 e. The van der Waals surface area contributed by atoms with Crippen molar-refractivity contribution in [3.63, 3.8) is 0 Å². The van der Waals surface area contributed by atoms with Crippen LogP contribution in [0.2, 0.25) is 0 Å². The Balaban J connectivity index is 2.09. The van der Waals surface area contributed by atoms with E-state index < -0.39 is 0 Å². The maximum absolute atomic E-state index is 12.8. The third kappa shape index (κ3) is 3.67. The molecule has 1 aliphatic carbocycles. The van der Waals surface area contributed by atoms with Crippen LogP contribution in [0.4, 0.5) is 0 Å². The van der Waals surface area contributed by atoms with E-state index in [9.17, 15) is 4.79 Å². The second-order valence-electron chi connectivity index (χ2n) is 6.46. The fraction of sp³-hybridized carbons (Fsp3) is 0.706. The molecule has 1 atom stereocenters. The second kappa shape index (κ2) is 6.93. The molecule has 0 aromatic carbocycles. The van der Waals surface area contributed by atoms with Crippen molar-refractivity contribution in [3.05, 3.63) is 21.4 Å². The number of carbonyl (C=O) groups is 1. The number of carbonyl (C=O) groups excluding carboxylic acids is 1. The largest absolute Gasteiger partial charge is 0.349 e. The number of thiophene rings is 1. The Morgan fingerprint density at radius 2 is 1.95 bits per heavy atom. The number of rotatable bonds is 4. The quantitative estimate of drug-likeness (QED) is 0.830. The van der Waals surface area contributed by atoms with Gasteiger partial charge in [-0.15, -0.1) is 11.3 Å². The Bertz CT molecular complexity index is 487. The molecule has 0 saturated heterocycles. The zero-order chi connectivity index (χ0) is 15.5. The minimum atomic E-state index is -0.344. The number of nitrogens with one attached hydrogen (secondary N) is 1. The summed E-state index contributed by atoms with van der Waals surface area (Å²) >= 11 is 1.79. The van der Waals surface area contributed by atoms with Gasteiger partial charge in [0.1, 0.15) is 0 Å². The van der Waals surface area contributed by atoms with E-state index in [4.69, 9.17) is 5.73 Å². The van der Waals surface area contributed by atoms with E-state index in [1.54, 1.807) is 11.3 Å². The Kier molecular flexibility index (Phi) is 5.44. The number of aryl methyl sites for hydroxylation is 2. The summed E-state index contributed by atoms with van der Waals surface area (Å²) in [5, 5.41) is 3.23. The summed E-state index contributed by atoms with van der Waals surface area (Å²) in [5.74, 6) is 0.155. The molecule has 1 heterocycles. The predicted molar refractivity (Wildman–Crippen MR) is 89.5 cm³/mol. The zero-order valence-electron chi connectivity index (χ0n) is 13.5. The molecule has 1 aromatic heterocycles. The van der Waals surface area contributed by atoms with E-state index in [0.29, 0.717) is 6.54 Å². The van der Waals surface area contributed by atoms with Crippen LogP contribution in [0.25, 0.3) is 0 Å². The molecule has 1 aromatic rings. The smallest absolute Gasteiger partial charge is 0.227 e. The van der Waals surface area contributed by atoms with Crippen LogP contribution < -0.4 is 11.1 Å². The average Bonchev–Trinajstić information content (AvgIpc) is 2.67. The zero-order valence-corrected chi connectivity index (χ0v) is 14.3. The molecule has 0 radical (unpaired) electrons. The summed E-state index contributed by atoms with van der Waals surface area (Å²) in [6.45, 7) is 6.78. The van der Waals surface area contributed by atoms with Crippen LogP contribution in [-0.4, -0.2) is 12.5 Å². The van der Waals surface area contributed by atoms with Crippen molar-refractivity contribution in [1.29, 1.82) is 0 Å². The van der Waals surface area contributed by atoms with E-state index in [1.165, 1.54) is 28.2 Å². The normalized spacial score (nSPS) is 19.8. The monoisotopic (exact) mass is 308 g/mol. The number of hydrogen-bond donors (Lipinski definition) is 2. The van der Waals surface area contributed by atoms with Gasteiger partial charge in [-0.2, -0.15) is 0 Å². The molecular weight excluding hydrogens is 280 g/mol. The topological polar surface area (TPSA) is 55.1 Å². The molecule has 21 heavy (non-hydrogen) atoms. The van der Waals surface area contributed by atoms with Crippen molar-refractivity contribution in [2.75, 3.05) is 6.54 Å². The molecule has 2 rings (SSSR count). The van der Waals surface area contributed by atoms with Gasteiger partial charge in [0.15, 0.2) is 0 Å². The van der Waals surface area contributed by atoms with E-state index >= 15 is 0 Å². The molecule has 3 N–H and O–H groups in total. The van der Waals surface area contributed by atoms with Gasteiger partial charge in [0.25, 0.3) is 0 Å². The van der Waals surface area contributed by atoms with Gasteiger partial charge >= 0.3 is 0 Å². The first-order valence-corrected chi connectivity index (χ1v) is 8.88. The van der Waals surface area contributed by atoms with Crippen LogP contribution in [0.5, 0.6) is 0 Å². The highest BCUT2D eigenvalue weighted by Crippen LogP contribution is 2.35. The minimum absolute atomic E-state index is 0.0640. The maximum atomic E-state index is 12.8. The van der Waals surface area contributed by atoms with Gasteiger partial charge in [0, 0.05) is 16.3 Å². The first kappa shape index (κ1) is 16.5. The van der Waals surface area contributed by atoms with E-state index in [2.05, 4.69) is 32.2 Å². The van der Waals surface area contributed by atoms with E-state index in [-0.39, 0.29) is 17.4 Å². The summed E-state index contributed by atoms with van der Waals surface area (Å²) < 4.78 is 0. The standard InChI is InChI=1S/C17H28N2OS/c1-12-10-15(14(3)21-12)13(2)19-16(20)17(11-18)8-6-4-5-7-9-17/h10,13H,4-9,11,18H2,1-3H3,(H,19,20). The lowest BCUT2D eigenvalue weighted by Gasteiger charge is -2.31. The molecule has 0 aliphatic heterocycles. The van der Waals surface area contributed by atoms with Crippen molar-refractivity contribution < 1.29 is 4.79 Å². The van der Waals surface area contributed by atoms with Crippen LogP contribution in [0, 0.1) is 19.3 Å². The van der Waals surface area contributed by atoms with Gasteiger partial charge in [-0.25, -0.2) is 0 Å². The molecule has 3 nitrogen and oxygen atoms in total. The highest BCUT2D eigenvalue weighted by Gasteiger charge is 2.37. The van der Waals surface area contributed by atoms with E-state index in [1.807, 2.05) is 0 Å². The third-order valence-corrected chi connectivity index (χ3v) is 5.81. The molecule has 118 valence electrons. The van der Waals surface area contributed by atoms with Gasteiger partial charge in [-0.3, -0.25) is 4.79 Å². The van der Waals surface area contributed by atoms with Gasteiger partial charge in [-0.05, 0) is 45.2 Å². The van der Waals surface area contributed by atoms with Gasteiger partial charge in [-0.1, -0.05) is 25.7 Å². The Labute approximate surface area is 132 Å². The summed E-state index contributed by atoms with van der Waals surface area (Å²) in [6, 6.07) is 2.25. The average molecular weight is 308 g/mol. The van der Waals surface area contributed by atoms with Crippen molar-refractivity contribution in [3.8, 4) is 0 Å². The van der Waals surface area contributed by atoms with Crippen molar-refractivity contribution >= 4 is 17.2 Å². The second-order valence-corrected chi connectivity index (χ2v) is 7.92. The summed E-state index contributed by atoms with van der Waals surface area (Å²) in [5.41, 5.74) is 6.90. The number of hydrogen-bond acceptors (Lipinski definition) is 3. The lowest BCUT2D eigenvalue weighted by molar-refractivity contribution is -0.132. The fourth-order valence-electron chi connectivity index (χ4n) is 3.44. The SMILES string of the molecule is Cc1cc(C(C)NC(=O)C2(CN)CCCCCC2)c(C)s1. The summed E-state index contributed by atoms with van der Waals surface area (Å²) in [7, 11) is 0. The molecule has 1 amide bonds.